The second-order valence-corrected chi connectivity index (χ2v) is 11.1. The Morgan fingerprint density at radius 2 is 1.73 bits per heavy atom. The fourth-order valence-corrected chi connectivity index (χ4v) is 6.27. The number of sulfonamides is 1. The van der Waals surface area contributed by atoms with Crippen LogP contribution in [0.15, 0.2) is 18.2 Å². The van der Waals surface area contributed by atoms with Crippen molar-refractivity contribution in [3.63, 3.8) is 0 Å². The number of hydrogen-bond acceptors (Lipinski definition) is 4. The zero-order chi connectivity index (χ0) is 23.6. The van der Waals surface area contributed by atoms with Gasteiger partial charge in [0.1, 0.15) is 5.82 Å². The summed E-state index contributed by atoms with van der Waals surface area (Å²) >= 11 is 5.98. The molecule has 1 aliphatic carbocycles. The molecule has 1 saturated carbocycles. The number of hydrogen-bond donors (Lipinski definition) is 1. The highest BCUT2D eigenvalue weighted by molar-refractivity contribution is 7.89. The Labute approximate surface area is 204 Å². The maximum atomic E-state index is 13.9. The molecule has 1 aromatic rings. The molecule has 1 saturated heterocycles. The highest BCUT2D eigenvalue weighted by Crippen LogP contribution is 2.42. The Bertz CT molecular complexity index is 932. The highest BCUT2D eigenvalue weighted by atomic mass is 35.5. The predicted molar refractivity (Wildman–Crippen MR) is 124 cm³/mol. The van der Waals surface area contributed by atoms with Crippen molar-refractivity contribution in [3.8, 4) is 0 Å². The molecule has 2 aliphatic rings. The zero-order valence-corrected chi connectivity index (χ0v) is 20.8. The molecule has 0 bridgehead atoms. The number of rotatable bonds is 7. The van der Waals surface area contributed by atoms with Gasteiger partial charge in [0.15, 0.2) is 0 Å². The minimum absolute atomic E-state index is 0. The highest BCUT2D eigenvalue weighted by Gasteiger charge is 2.47. The molecule has 33 heavy (non-hydrogen) atoms. The molecule has 1 amide bonds. The van der Waals surface area contributed by atoms with Crippen molar-refractivity contribution in [2.45, 2.75) is 50.5 Å². The van der Waals surface area contributed by atoms with Crippen molar-refractivity contribution in [2.75, 3.05) is 38.5 Å². The van der Waals surface area contributed by atoms with Gasteiger partial charge in [-0.25, -0.2) is 21.6 Å². The van der Waals surface area contributed by atoms with E-state index < -0.39 is 33.2 Å². The van der Waals surface area contributed by atoms with Gasteiger partial charge in [0, 0.05) is 51.1 Å². The number of alkyl halides is 2. The Kier molecular flexibility index (Phi) is 9.49. The quantitative estimate of drug-likeness (QED) is 0.578. The molecule has 12 heteroatoms. The molecule has 0 unspecified atom stereocenters. The van der Waals surface area contributed by atoms with E-state index in [0.29, 0.717) is 19.5 Å². The monoisotopic (exact) mass is 531 g/mol. The molecule has 1 aromatic carbocycles. The lowest BCUT2D eigenvalue weighted by Crippen LogP contribution is -2.63. The average Bonchev–Trinajstić information content (AvgIpc) is 2.73. The summed E-state index contributed by atoms with van der Waals surface area (Å²) in [5.41, 5.74) is -0.593. The van der Waals surface area contributed by atoms with E-state index in [9.17, 15) is 26.4 Å². The molecule has 0 spiro atoms. The van der Waals surface area contributed by atoms with E-state index in [0.717, 1.165) is 12.1 Å². The molecule has 1 aliphatic heterocycles. The van der Waals surface area contributed by atoms with E-state index in [4.69, 9.17) is 11.6 Å². The van der Waals surface area contributed by atoms with Gasteiger partial charge < -0.3 is 5.32 Å². The first-order chi connectivity index (χ1) is 15.0. The Hall–Kier alpha value is -1.07. The van der Waals surface area contributed by atoms with Gasteiger partial charge in [0.25, 0.3) is 5.91 Å². The number of carbonyl (C=O) groups is 1. The number of carbonyl (C=O) groups excluding carboxylic acids is 1. The van der Waals surface area contributed by atoms with Crippen LogP contribution in [-0.2, 0) is 10.0 Å². The van der Waals surface area contributed by atoms with Crippen LogP contribution in [-0.4, -0.2) is 73.5 Å². The minimum Gasteiger partial charge on any atom is -0.350 e. The van der Waals surface area contributed by atoms with Gasteiger partial charge in [0.05, 0.1) is 16.3 Å². The number of benzene rings is 1. The van der Waals surface area contributed by atoms with Crippen molar-refractivity contribution in [1.29, 1.82) is 0 Å². The first-order valence-electron chi connectivity index (χ1n) is 10.8. The fraction of sp³-hybridized carbons (Fsp3) is 0.667. The van der Waals surface area contributed by atoms with Crippen LogP contribution in [0, 0.1) is 5.82 Å². The molecule has 3 rings (SSSR count). The summed E-state index contributed by atoms with van der Waals surface area (Å²) in [7, 11) is -3.32. The number of piperazine rings is 1. The molecule has 188 valence electrons. The van der Waals surface area contributed by atoms with Gasteiger partial charge in [-0.05, 0) is 37.5 Å². The topological polar surface area (TPSA) is 69.7 Å². The van der Waals surface area contributed by atoms with Crippen LogP contribution in [0.25, 0.3) is 0 Å². The SMILES string of the molecule is CCCS(=O)(=O)N1CCN(C2(CNC(=O)c3ccc(F)cc3Cl)CCC(F)(F)CC2)CC1.Cl. The third-order valence-corrected chi connectivity index (χ3v) is 8.82. The molecule has 1 heterocycles. The Morgan fingerprint density at radius 1 is 1.12 bits per heavy atom. The normalized spacial score (nSPS) is 21.2. The zero-order valence-electron chi connectivity index (χ0n) is 18.5. The van der Waals surface area contributed by atoms with Gasteiger partial charge in [-0.15, -0.1) is 12.4 Å². The minimum atomic E-state index is -3.32. The molecule has 2 fully saturated rings. The number of nitrogens with zero attached hydrogens (tertiary/aromatic N) is 2. The maximum absolute atomic E-state index is 13.9. The van der Waals surface area contributed by atoms with Crippen LogP contribution in [0.3, 0.4) is 0 Å². The predicted octanol–water partition coefficient (Wildman–Crippen LogP) is 3.94. The van der Waals surface area contributed by atoms with Gasteiger partial charge >= 0.3 is 0 Å². The maximum Gasteiger partial charge on any atom is 0.252 e. The average molecular weight is 532 g/mol. The van der Waals surface area contributed by atoms with Crippen molar-refractivity contribution in [1.82, 2.24) is 14.5 Å². The lowest BCUT2D eigenvalue weighted by molar-refractivity contribution is -0.0856. The lowest BCUT2D eigenvalue weighted by Gasteiger charge is -2.50. The second-order valence-electron chi connectivity index (χ2n) is 8.59. The van der Waals surface area contributed by atoms with Crippen LogP contribution in [0.4, 0.5) is 13.2 Å². The first kappa shape index (κ1) is 28.2. The first-order valence-corrected chi connectivity index (χ1v) is 12.8. The molecule has 1 N–H and O–H groups in total. The number of halogens is 5. The Morgan fingerprint density at radius 3 is 2.27 bits per heavy atom. The summed E-state index contributed by atoms with van der Waals surface area (Å²) in [6.45, 7) is 3.32. The summed E-state index contributed by atoms with van der Waals surface area (Å²) in [5, 5.41) is 2.77. The molecular weight excluding hydrogens is 502 g/mol. The third-order valence-electron chi connectivity index (χ3n) is 6.43. The van der Waals surface area contributed by atoms with Crippen LogP contribution in [0.1, 0.15) is 49.4 Å². The Balaban J connectivity index is 0.00000385. The van der Waals surface area contributed by atoms with Crippen molar-refractivity contribution in [2.24, 2.45) is 0 Å². The lowest BCUT2D eigenvalue weighted by atomic mass is 9.78. The molecular formula is C21H30Cl2F3N3O3S. The van der Waals surface area contributed by atoms with E-state index in [2.05, 4.69) is 5.32 Å². The van der Waals surface area contributed by atoms with E-state index in [1.165, 1.54) is 10.4 Å². The summed E-state index contributed by atoms with van der Waals surface area (Å²) in [6, 6.07) is 3.46. The van der Waals surface area contributed by atoms with Crippen molar-refractivity contribution >= 4 is 39.9 Å². The van der Waals surface area contributed by atoms with E-state index in [1.54, 1.807) is 6.92 Å². The standard InChI is InChI=1S/C21H29ClF3N3O3S.ClH/c1-2-13-32(30,31)28-11-9-27(10-12-28)20(5-7-21(24,25)8-6-20)15-26-19(29)17-4-3-16(23)14-18(17)22;/h3-4,14H,2,5-13,15H2,1H3,(H,26,29);1H. The van der Waals surface area contributed by atoms with Gasteiger partial charge in [-0.1, -0.05) is 18.5 Å². The molecule has 6 nitrogen and oxygen atoms in total. The molecule has 0 radical (unpaired) electrons. The molecule has 0 atom stereocenters. The van der Waals surface area contributed by atoms with Gasteiger partial charge in [-0.3, -0.25) is 9.69 Å². The summed E-state index contributed by atoms with van der Waals surface area (Å²) < 4.78 is 67.3. The third kappa shape index (κ3) is 6.75. The summed E-state index contributed by atoms with van der Waals surface area (Å²) in [5.74, 6) is -3.73. The smallest absolute Gasteiger partial charge is 0.252 e. The second kappa shape index (κ2) is 11.1. The van der Waals surface area contributed by atoms with Crippen LogP contribution in [0.5, 0.6) is 0 Å². The van der Waals surface area contributed by atoms with Gasteiger partial charge in [0.2, 0.25) is 15.9 Å². The largest absolute Gasteiger partial charge is 0.350 e. The van der Waals surface area contributed by atoms with Gasteiger partial charge in [-0.2, -0.15) is 4.31 Å². The van der Waals surface area contributed by atoms with Crippen molar-refractivity contribution in [3.05, 3.63) is 34.6 Å². The van der Waals surface area contributed by atoms with Crippen LogP contribution in [0.2, 0.25) is 5.02 Å². The number of nitrogens with one attached hydrogen (secondary N) is 1. The van der Waals surface area contributed by atoms with Crippen LogP contribution >= 0.6 is 24.0 Å². The van der Waals surface area contributed by atoms with E-state index >= 15 is 0 Å². The van der Waals surface area contributed by atoms with Crippen LogP contribution < -0.4 is 5.32 Å². The van der Waals surface area contributed by atoms with E-state index in [1.807, 2.05) is 4.90 Å². The van der Waals surface area contributed by atoms with E-state index in [-0.39, 0.29) is 74.1 Å². The fourth-order valence-electron chi connectivity index (χ4n) is 4.53. The number of amides is 1. The summed E-state index contributed by atoms with van der Waals surface area (Å²) in [4.78, 5) is 14.7. The summed E-state index contributed by atoms with van der Waals surface area (Å²) in [6.07, 6.45) is 0.293. The molecule has 0 aromatic heterocycles. The van der Waals surface area contributed by atoms with Crippen molar-refractivity contribution < 1.29 is 26.4 Å².